The van der Waals surface area contributed by atoms with Crippen molar-refractivity contribution in [3.8, 4) is 0 Å². The summed E-state index contributed by atoms with van der Waals surface area (Å²) < 4.78 is 2.26. The molecule has 0 aliphatic carbocycles. The van der Waals surface area contributed by atoms with E-state index in [1.807, 2.05) is 0 Å². The third-order valence-electron chi connectivity index (χ3n) is 2.41. The van der Waals surface area contributed by atoms with Crippen LogP contribution in [0, 0.1) is 0 Å². The zero-order valence-electron chi connectivity index (χ0n) is 7.54. The Balaban J connectivity index is 2.78. The Morgan fingerprint density at radius 3 is 2.75 bits per heavy atom. The molecule has 2 aromatic rings. The molecule has 0 spiro atoms. The van der Waals surface area contributed by atoms with Crippen LogP contribution in [0.4, 0.5) is 0 Å². The zero-order chi connectivity index (χ0) is 8.55. The summed E-state index contributed by atoms with van der Waals surface area (Å²) >= 11 is 0. The second kappa shape index (κ2) is 2.70. The molecule has 0 N–H and O–H groups in total. The maximum Gasteiger partial charge on any atom is 0.223 e. The van der Waals surface area contributed by atoms with E-state index in [-0.39, 0.29) is 0 Å². The molecule has 0 saturated carbocycles. The Labute approximate surface area is 73.4 Å². The van der Waals surface area contributed by atoms with Crippen LogP contribution in [-0.4, -0.2) is 12.5 Å². The van der Waals surface area contributed by atoms with E-state index < -0.39 is 0 Å². The van der Waals surface area contributed by atoms with Gasteiger partial charge in [-0.2, -0.15) is 0 Å². The molecule has 0 atom stereocenters. The molecule has 1 aromatic heterocycles. The molecule has 2 rings (SSSR count). The Morgan fingerprint density at radius 1 is 1.33 bits per heavy atom. The number of para-hydroxylation sites is 1. The Hall–Kier alpha value is -1.18. The lowest BCUT2D eigenvalue weighted by Crippen LogP contribution is -1.95. The van der Waals surface area contributed by atoms with Gasteiger partial charge in [-0.1, -0.05) is 25.1 Å². The lowest BCUT2D eigenvalue weighted by molar-refractivity contribution is 1.03. The van der Waals surface area contributed by atoms with Crippen molar-refractivity contribution < 1.29 is 0 Å². The monoisotopic (exact) mass is 157 g/mol. The third-order valence-corrected chi connectivity index (χ3v) is 2.41. The maximum absolute atomic E-state index is 2.26. The quantitative estimate of drug-likeness (QED) is 0.554. The Morgan fingerprint density at radius 2 is 2.08 bits per heavy atom. The van der Waals surface area contributed by atoms with Gasteiger partial charge in [-0.3, -0.25) is 0 Å². The van der Waals surface area contributed by atoms with E-state index in [2.05, 4.69) is 49.7 Å². The molecule has 0 radical (unpaired) electrons. The zero-order valence-corrected chi connectivity index (χ0v) is 7.54. The highest BCUT2D eigenvalue weighted by Gasteiger charge is 2.00. The van der Waals surface area contributed by atoms with Crippen molar-refractivity contribution >= 4 is 18.9 Å². The van der Waals surface area contributed by atoms with Gasteiger partial charge in [0.05, 0.1) is 0 Å². The van der Waals surface area contributed by atoms with Crippen LogP contribution < -0.4 is 0 Å². The van der Waals surface area contributed by atoms with E-state index in [9.17, 15) is 0 Å². The average molecular weight is 157 g/mol. The first-order chi connectivity index (χ1) is 5.83. The molecule has 0 fully saturated rings. The maximum atomic E-state index is 2.26. The molecule has 0 bridgehead atoms. The molecule has 1 aromatic carbocycles. The first kappa shape index (κ1) is 7.47. The molecule has 60 valence electrons. The largest absolute Gasteiger partial charge is 0.397 e. The van der Waals surface area contributed by atoms with E-state index >= 15 is 0 Å². The van der Waals surface area contributed by atoms with Gasteiger partial charge in [0.25, 0.3) is 0 Å². The average Bonchev–Trinajstić information content (AvgIpc) is 2.44. The van der Waals surface area contributed by atoms with Crippen LogP contribution in [0.15, 0.2) is 30.3 Å². The standard InChI is InChI=1S/C10H12BN/c1-2-9-7-8-5-3-4-6-10(8)12(9)11/h3-7H,2,11H2,1H3. The van der Waals surface area contributed by atoms with Gasteiger partial charge < -0.3 is 4.48 Å². The van der Waals surface area contributed by atoms with E-state index in [1.54, 1.807) is 0 Å². The number of aromatic nitrogens is 1. The fraction of sp³-hybridized carbons (Fsp3) is 0.200. The lowest BCUT2D eigenvalue weighted by atomic mass is 10.2. The highest BCUT2D eigenvalue weighted by Crippen LogP contribution is 2.17. The van der Waals surface area contributed by atoms with Gasteiger partial charge in [0.15, 0.2) is 0 Å². The van der Waals surface area contributed by atoms with Crippen LogP contribution in [0.25, 0.3) is 10.9 Å². The first-order valence-corrected chi connectivity index (χ1v) is 4.36. The molecule has 0 amide bonds. The van der Waals surface area contributed by atoms with Gasteiger partial charge in [-0.05, 0) is 23.9 Å². The summed E-state index contributed by atoms with van der Waals surface area (Å²) in [7, 11) is 2.13. The van der Waals surface area contributed by atoms with Gasteiger partial charge in [0.1, 0.15) is 0 Å². The summed E-state index contributed by atoms with van der Waals surface area (Å²) in [5.74, 6) is 0. The van der Waals surface area contributed by atoms with Gasteiger partial charge in [-0.25, -0.2) is 0 Å². The molecule has 1 nitrogen and oxygen atoms in total. The summed E-state index contributed by atoms with van der Waals surface area (Å²) in [5.41, 5.74) is 2.73. The Bertz CT molecular complexity index is 403. The summed E-state index contributed by atoms with van der Waals surface area (Å²) in [6.07, 6.45) is 1.10. The van der Waals surface area contributed by atoms with Crippen molar-refractivity contribution in [1.29, 1.82) is 0 Å². The number of nitrogens with zero attached hydrogens (tertiary/aromatic N) is 1. The normalized spacial score (nSPS) is 10.8. The van der Waals surface area contributed by atoms with E-state index in [4.69, 9.17) is 0 Å². The van der Waals surface area contributed by atoms with Gasteiger partial charge in [0.2, 0.25) is 7.98 Å². The molecule has 0 saturated heterocycles. The Kier molecular flexibility index (Phi) is 1.68. The predicted octanol–water partition coefficient (Wildman–Crippen LogP) is 1.60. The van der Waals surface area contributed by atoms with Crippen molar-refractivity contribution in [2.24, 2.45) is 0 Å². The van der Waals surface area contributed by atoms with Gasteiger partial charge in [-0.15, -0.1) is 0 Å². The number of aryl methyl sites for hydroxylation is 1. The number of rotatable bonds is 1. The minimum Gasteiger partial charge on any atom is -0.397 e. The van der Waals surface area contributed by atoms with Crippen LogP contribution in [0.3, 0.4) is 0 Å². The minimum atomic E-state index is 1.10. The second-order valence-electron chi connectivity index (χ2n) is 3.11. The van der Waals surface area contributed by atoms with Crippen LogP contribution >= 0.6 is 0 Å². The first-order valence-electron chi connectivity index (χ1n) is 4.36. The lowest BCUT2D eigenvalue weighted by Gasteiger charge is -1.99. The molecule has 0 aliphatic rings. The van der Waals surface area contributed by atoms with E-state index in [0.29, 0.717) is 0 Å². The molecule has 2 heteroatoms. The second-order valence-corrected chi connectivity index (χ2v) is 3.11. The highest BCUT2D eigenvalue weighted by atomic mass is 14.9. The molecular weight excluding hydrogens is 145 g/mol. The van der Waals surface area contributed by atoms with Crippen LogP contribution in [0.5, 0.6) is 0 Å². The van der Waals surface area contributed by atoms with Gasteiger partial charge in [0, 0.05) is 11.2 Å². The SMILES string of the molecule is Bn1c(CC)cc2ccccc21. The molecule has 12 heavy (non-hydrogen) atoms. The minimum absolute atomic E-state index is 1.10. The molecular formula is C10H12BN. The number of hydrogen-bond acceptors (Lipinski definition) is 0. The summed E-state index contributed by atoms with van der Waals surface area (Å²) in [5, 5.41) is 1.34. The molecule has 0 unspecified atom stereocenters. The molecule has 0 aliphatic heterocycles. The summed E-state index contributed by atoms with van der Waals surface area (Å²) in [4.78, 5) is 0. The van der Waals surface area contributed by atoms with Crippen molar-refractivity contribution in [1.82, 2.24) is 4.48 Å². The number of fused-ring (bicyclic) bond motifs is 1. The topological polar surface area (TPSA) is 4.93 Å². The third kappa shape index (κ3) is 0.952. The number of hydrogen-bond donors (Lipinski definition) is 0. The van der Waals surface area contributed by atoms with Crippen molar-refractivity contribution in [3.05, 3.63) is 36.0 Å². The van der Waals surface area contributed by atoms with Crippen molar-refractivity contribution in [2.45, 2.75) is 13.3 Å². The highest BCUT2D eigenvalue weighted by molar-refractivity contribution is 6.12. The fourth-order valence-electron chi connectivity index (χ4n) is 1.69. The smallest absolute Gasteiger partial charge is 0.223 e. The van der Waals surface area contributed by atoms with Crippen molar-refractivity contribution in [2.75, 3.05) is 0 Å². The van der Waals surface area contributed by atoms with E-state index in [0.717, 1.165) is 6.42 Å². The number of benzene rings is 1. The van der Waals surface area contributed by atoms with Gasteiger partial charge >= 0.3 is 0 Å². The molecule has 1 heterocycles. The van der Waals surface area contributed by atoms with Crippen LogP contribution in [0.2, 0.25) is 0 Å². The fourth-order valence-corrected chi connectivity index (χ4v) is 1.69. The van der Waals surface area contributed by atoms with Crippen LogP contribution in [-0.2, 0) is 6.42 Å². The summed E-state index contributed by atoms with van der Waals surface area (Å²) in [6.45, 7) is 2.19. The van der Waals surface area contributed by atoms with Crippen molar-refractivity contribution in [3.63, 3.8) is 0 Å². The predicted molar refractivity (Wildman–Crippen MR) is 55.3 cm³/mol. The van der Waals surface area contributed by atoms with E-state index in [1.165, 1.54) is 16.6 Å². The van der Waals surface area contributed by atoms with Crippen LogP contribution in [0.1, 0.15) is 12.6 Å². The summed E-state index contributed by atoms with van der Waals surface area (Å²) in [6, 6.07) is 10.8.